The molecule has 3 aromatic carbocycles. The second-order valence-electron chi connectivity index (χ2n) is 6.72. The fourth-order valence-corrected chi connectivity index (χ4v) is 3.26. The van der Waals surface area contributed by atoms with Crippen molar-refractivity contribution in [3.8, 4) is 11.5 Å². The molecular weight excluding hydrogens is 380 g/mol. The van der Waals surface area contributed by atoms with E-state index in [0.717, 1.165) is 11.8 Å². The van der Waals surface area contributed by atoms with Crippen LogP contribution in [0.2, 0.25) is 0 Å². The predicted octanol–water partition coefficient (Wildman–Crippen LogP) is 4.23. The highest BCUT2D eigenvalue weighted by atomic mass is 16.5. The minimum absolute atomic E-state index is 0.246. The Hall–Kier alpha value is -4.19. The first-order valence-electron chi connectivity index (χ1n) is 9.29. The minimum Gasteiger partial charge on any atom is -0.457 e. The third-order valence-electron chi connectivity index (χ3n) is 4.77. The zero-order valence-electron chi connectivity index (χ0n) is 16.2. The van der Waals surface area contributed by atoms with Crippen LogP contribution in [0.4, 0.5) is 4.79 Å². The van der Waals surface area contributed by atoms with Crippen LogP contribution in [0.15, 0.2) is 84.6 Å². The highest BCUT2D eigenvalue weighted by Gasteiger charge is 2.33. The Morgan fingerprint density at radius 1 is 0.833 bits per heavy atom. The van der Waals surface area contributed by atoms with Crippen LogP contribution in [-0.4, -0.2) is 30.2 Å². The van der Waals surface area contributed by atoms with Gasteiger partial charge in [0.25, 0.3) is 5.91 Å². The quantitative estimate of drug-likeness (QED) is 0.396. The van der Waals surface area contributed by atoms with Crippen LogP contribution >= 0.6 is 0 Å². The second-order valence-corrected chi connectivity index (χ2v) is 6.72. The number of carbonyl (C=O) groups excluding carboxylic acids is 3. The van der Waals surface area contributed by atoms with Gasteiger partial charge in [0.15, 0.2) is 0 Å². The molecule has 0 saturated carbocycles. The number of rotatable bonds is 5. The number of hydrogen-bond acceptors (Lipinski definition) is 4. The normalized spacial score (nSPS) is 15.0. The summed E-state index contributed by atoms with van der Waals surface area (Å²) in [5.74, 6) is 0.890. The Balaban J connectivity index is 1.77. The average molecular weight is 398 g/mol. The summed E-state index contributed by atoms with van der Waals surface area (Å²) in [7, 11) is 1.54. The Kier molecular flexibility index (Phi) is 5.13. The number of amides is 3. The number of carbonyl (C=O) groups is 3. The number of urea groups is 1. The van der Waals surface area contributed by atoms with Gasteiger partial charge in [0, 0.05) is 18.2 Å². The molecule has 0 bridgehead atoms. The number of nitrogens with one attached hydrogen (secondary N) is 1. The van der Waals surface area contributed by atoms with Crippen LogP contribution in [0, 0.1) is 0 Å². The largest absolute Gasteiger partial charge is 0.457 e. The molecule has 1 saturated heterocycles. The number of nitrogens with zero attached hydrogens (tertiary/aromatic N) is 1. The van der Waals surface area contributed by atoms with Gasteiger partial charge < -0.3 is 4.74 Å². The summed E-state index contributed by atoms with van der Waals surface area (Å²) in [6.45, 7) is 0. The number of likely N-dealkylation sites (N-methyl/N-ethyl adjacent to an activating group) is 1. The third-order valence-corrected chi connectivity index (χ3v) is 4.77. The number of aldehydes is 1. The third kappa shape index (κ3) is 3.71. The van der Waals surface area contributed by atoms with Gasteiger partial charge in [-0.15, -0.1) is 0 Å². The van der Waals surface area contributed by atoms with E-state index >= 15 is 0 Å². The number of imide groups is 1. The monoisotopic (exact) mass is 398 g/mol. The molecule has 30 heavy (non-hydrogen) atoms. The second kappa shape index (κ2) is 8.05. The van der Waals surface area contributed by atoms with Crippen LogP contribution in [0.1, 0.15) is 21.5 Å². The lowest BCUT2D eigenvalue weighted by Crippen LogP contribution is -2.24. The van der Waals surface area contributed by atoms with Crippen LogP contribution in [0.5, 0.6) is 11.5 Å². The zero-order valence-corrected chi connectivity index (χ0v) is 16.2. The Labute approximate surface area is 173 Å². The molecule has 4 rings (SSSR count). The van der Waals surface area contributed by atoms with Gasteiger partial charge in [0.05, 0.1) is 0 Å². The zero-order chi connectivity index (χ0) is 21.1. The van der Waals surface area contributed by atoms with Crippen LogP contribution in [-0.2, 0) is 4.79 Å². The van der Waals surface area contributed by atoms with E-state index in [2.05, 4.69) is 5.32 Å². The van der Waals surface area contributed by atoms with Crippen LogP contribution in [0.25, 0.3) is 5.57 Å². The Morgan fingerprint density at radius 3 is 1.93 bits per heavy atom. The first-order valence-corrected chi connectivity index (χ1v) is 9.29. The first kappa shape index (κ1) is 19.1. The van der Waals surface area contributed by atoms with Crippen LogP contribution < -0.4 is 10.1 Å². The van der Waals surface area contributed by atoms with E-state index in [9.17, 15) is 14.4 Å². The van der Waals surface area contributed by atoms with Gasteiger partial charge >= 0.3 is 6.03 Å². The molecule has 0 unspecified atom stereocenters. The van der Waals surface area contributed by atoms with Gasteiger partial charge in [0.2, 0.25) is 0 Å². The molecule has 6 nitrogen and oxygen atoms in total. The first-order chi connectivity index (χ1) is 14.6. The van der Waals surface area contributed by atoms with Crippen molar-refractivity contribution in [3.05, 3.63) is 101 Å². The van der Waals surface area contributed by atoms with Crippen molar-refractivity contribution >= 4 is 23.8 Å². The lowest BCUT2D eigenvalue weighted by molar-refractivity contribution is -0.115. The van der Waals surface area contributed by atoms with Gasteiger partial charge in [-0.2, -0.15) is 0 Å². The molecule has 1 aliphatic rings. The molecule has 6 heteroatoms. The molecule has 0 aliphatic carbocycles. The molecule has 0 radical (unpaired) electrons. The Bertz CT molecular complexity index is 1130. The minimum atomic E-state index is -0.485. The van der Waals surface area contributed by atoms with Gasteiger partial charge in [-0.05, 0) is 35.4 Å². The summed E-state index contributed by atoms with van der Waals surface area (Å²) in [6, 6.07) is 23.0. The van der Waals surface area contributed by atoms with E-state index in [-0.39, 0.29) is 5.70 Å². The molecule has 148 valence electrons. The molecule has 1 heterocycles. The highest BCUT2D eigenvalue weighted by Crippen LogP contribution is 2.32. The topological polar surface area (TPSA) is 75.7 Å². The predicted molar refractivity (Wildman–Crippen MR) is 112 cm³/mol. The van der Waals surface area contributed by atoms with Crippen molar-refractivity contribution in [1.82, 2.24) is 10.2 Å². The maximum atomic E-state index is 12.5. The summed E-state index contributed by atoms with van der Waals surface area (Å²) in [6.07, 6.45) is 0.754. The summed E-state index contributed by atoms with van der Waals surface area (Å²) in [5, 5.41) is 2.31. The summed E-state index contributed by atoms with van der Waals surface area (Å²) in [4.78, 5) is 36.8. The molecule has 3 amide bonds. The van der Waals surface area contributed by atoms with Crippen molar-refractivity contribution in [2.75, 3.05) is 7.05 Å². The van der Waals surface area contributed by atoms with Crippen LogP contribution in [0.3, 0.4) is 0 Å². The lowest BCUT2D eigenvalue weighted by atomic mass is 9.94. The molecule has 1 N–H and O–H groups in total. The van der Waals surface area contributed by atoms with E-state index in [0.29, 0.717) is 28.2 Å². The Morgan fingerprint density at radius 2 is 1.40 bits per heavy atom. The molecule has 0 atom stereocenters. The standard InChI is InChI=1S/C24H18N2O4/c1-26-22(23(28)25-24(26)29)21(17-9-7-16(15-27)8-10-17)18-11-13-20(14-12-18)30-19-5-3-2-4-6-19/h2-15H,1H3,(H,25,28,29). The van der Waals surface area contributed by atoms with E-state index in [4.69, 9.17) is 4.74 Å². The number of hydrogen-bond donors (Lipinski definition) is 1. The molecule has 1 aliphatic heterocycles. The van der Waals surface area contributed by atoms with Crippen molar-refractivity contribution in [2.24, 2.45) is 0 Å². The van der Waals surface area contributed by atoms with E-state index < -0.39 is 11.9 Å². The summed E-state index contributed by atoms with van der Waals surface area (Å²) in [5.41, 5.74) is 2.81. The van der Waals surface area contributed by atoms with Gasteiger partial charge in [-0.3, -0.25) is 19.8 Å². The van der Waals surface area contributed by atoms with Crippen molar-refractivity contribution in [1.29, 1.82) is 0 Å². The maximum absolute atomic E-state index is 12.5. The number of benzene rings is 3. The molecule has 0 aromatic heterocycles. The fraction of sp³-hybridized carbons (Fsp3) is 0.0417. The van der Waals surface area contributed by atoms with Crippen molar-refractivity contribution in [2.45, 2.75) is 0 Å². The average Bonchev–Trinajstić information content (AvgIpc) is 3.02. The van der Waals surface area contributed by atoms with Gasteiger partial charge in [0.1, 0.15) is 23.5 Å². The fourth-order valence-electron chi connectivity index (χ4n) is 3.26. The number of para-hydroxylation sites is 1. The van der Waals surface area contributed by atoms with Gasteiger partial charge in [-0.1, -0.05) is 54.6 Å². The van der Waals surface area contributed by atoms with E-state index in [1.54, 1.807) is 43.4 Å². The maximum Gasteiger partial charge on any atom is 0.328 e. The van der Waals surface area contributed by atoms with Crippen molar-refractivity contribution < 1.29 is 19.1 Å². The van der Waals surface area contributed by atoms with E-state index in [1.165, 1.54) is 4.90 Å². The smallest absolute Gasteiger partial charge is 0.328 e. The SMILES string of the molecule is CN1C(=O)NC(=O)C1=C(c1ccc(C=O)cc1)c1ccc(Oc2ccccc2)cc1. The van der Waals surface area contributed by atoms with E-state index in [1.807, 2.05) is 42.5 Å². The molecule has 3 aromatic rings. The van der Waals surface area contributed by atoms with Crippen molar-refractivity contribution in [3.63, 3.8) is 0 Å². The lowest BCUT2D eigenvalue weighted by Gasteiger charge is -2.16. The number of ether oxygens (including phenoxy) is 1. The summed E-state index contributed by atoms with van der Waals surface area (Å²) < 4.78 is 5.84. The van der Waals surface area contributed by atoms with Gasteiger partial charge in [-0.25, -0.2) is 4.79 Å². The highest BCUT2D eigenvalue weighted by molar-refractivity contribution is 6.17. The molecule has 1 fully saturated rings. The molecule has 0 spiro atoms. The summed E-state index contributed by atoms with van der Waals surface area (Å²) >= 11 is 0. The molecular formula is C24H18N2O4.